The molecule has 0 amide bonds. The van der Waals surface area contributed by atoms with Gasteiger partial charge in [0.15, 0.2) is 0 Å². The van der Waals surface area contributed by atoms with E-state index in [4.69, 9.17) is 4.74 Å². The van der Waals surface area contributed by atoms with E-state index in [2.05, 4.69) is 62.4 Å². The lowest BCUT2D eigenvalue weighted by atomic mass is 9.68. The Kier molecular flexibility index (Phi) is 10.2. The van der Waals surface area contributed by atoms with Crippen LogP contribution in [0, 0.1) is 17.8 Å². The number of rotatable bonds is 10. The highest BCUT2D eigenvalue weighted by Crippen LogP contribution is 2.44. The van der Waals surface area contributed by atoms with Gasteiger partial charge in [0.2, 0.25) is 0 Å². The van der Waals surface area contributed by atoms with Gasteiger partial charge in [0.25, 0.3) is 0 Å². The fourth-order valence-electron chi connectivity index (χ4n) is 5.67. The van der Waals surface area contributed by atoms with Crippen LogP contribution in [-0.4, -0.2) is 6.61 Å². The molecule has 0 spiro atoms. The minimum Gasteiger partial charge on any atom is -0.376 e. The molecule has 1 nitrogen and oxygen atoms in total. The van der Waals surface area contributed by atoms with Gasteiger partial charge in [-0.1, -0.05) is 55.5 Å². The quantitative estimate of drug-likeness (QED) is 0.278. The first-order valence-corrected chi connectivity index (χ1v) is 12.7. The van der Waals surface area contributed by atoms with Crippen LogP contribution in [0.1, 0.15) is 102 Å². The van der Waals surface area contributed by atoms with Crippen LogP contribution >= 0.6 is 0 Å². The number of hydrogen-bond acceptors (Lipinski definition) is 1. The van der Waals surface area contributed by atoms with Crippen molar-refractivity contribution in [1.29, 1.82) is 0 Å². The smallest absolute Gasteiger partial charge is 0.0717 e. The molecule has 3 rings (SSSR count). The van der Waals surface area contributed by atoms with Crippen LogP contribution in [0.3, 0.4) is 0 Å². The Balaban J connectivity index is 1.36. The van der Waals surface area contributed by atoms with Crippen LogP contribution in [0.25, 0.3) is 0 Å². The Labute approximate surface area is 186 Å². The highest BCUT2D eigenvalue weighted by Gasteiger charge is 2.30. The van der Waals surface area contributed by atoms with Gasteiger partial charge < -0.3 is 4.74 Å². The first-order valence-electron chi connectivity index (χ1n) is 12.7. The lowest BCUT2D eigenvalue weighted by Crippen LogP contribution is -2.25. The number of ether oxygens (including phenoxy) is 1. The molecule has 2 fully saturated rings. The maximum atomic E-state index is 5.77. The molecule has 0 heterocycles. The molecule has 2 aliphatic rings. The van der Waals surface area contributed by atoms with Crippen molar-refractivity contribution in [2.24, 2.45) is 17.8 Å². The normalized spacial score (nSPS) is 27.8. The van der Waals surface area contributed by atoms with E-state index >= 15 is 0 Å². The number of hydrogen-bond donors (Lipinski definition) is 0. The third-order valence-corrected chi connectivity index (χ3v) is 7.59. The lowest BCUT2D eigenvalue weighted by molar-refractivity contribution is 0.125. The molecule has 0 atom stereocenters. The maximum Gasteiger partial charge on any atom is 0.0717 e. The molecule has 166 valence electrons. The molecule has 0 radical (unpaired) electrons. The molecule has 0 aliphatic heterocycles. The van der Waals surface area contributed by atoms with E-state index in [1.54, 1.807) is 5.56 Å². The number of benzene rings is 1. The molecule has 2 saturated carbocycles. The van der Waals surface area contributed by atoms with Gasteiger partial charge in [-0.15, -0.1) is 0 Å². The minimum atomic E-state index is 0.738. The molecular weight excluding hydrogens is 364 g/mol. The van der Waals surface area contributed by atoms with E-state index < -0.39 is 0 Å². The van der Waals surface area contributed by atoms with Gasteiger partial charge in [-0.3, -0.25) is 0 Å². The van der Waals surface area contributed by atoms with Crippen molar-refractivity contribution in [2.45, 2.75) is 97.0 Å². The molecule has 0 aromatic heterocycles. The molecule has 0 saturated heterocycles. The van der Waals surface area contributed by atoms with Crippen LogP contribution < -0.4 is 0 Å². The van der Waals surface area contributed by atoms with Gasteiger partial charge >= 0.3 is 0 Å². The summed E-state index contributed by atoms with van der Waals surface area (Å²) in [7, 11) is 0. The third-order valence-electron chi connectivity index (χ3n) is 7.59. The van der Waals surface area contributed by atoms with Gasteiger partial charge in [0.05, 0.1) is 13.2 Å². The topological polar surface area (TPSA) is 9.23 Å². The fraction of sp³-hybridized carbons (Fsp3) is 0.655. The molecule has 0 N–H and O–H groups in total. The first kappa shape index (κ1) is 23.3. The summed E-state index contributed by atoms with van der Waals surface area (Å²) in [5.41, 5.74) is 2.86. The predicted octanol–water partition coefficient (Wildman–Crippen LogP) is 8.61. The summed E-state index contributed by atoms with van der Waals surface area (Å²) in [6.45, 7) is 5.85. The Morgan fingerprint density at radius 3 is 2.13 bits per heavy atom. The van der Waals surface area contributed by atoms with Crippen molar-refractivity contribution in [1.82, 2.24) is 0 Å². The van der Waals surface area contributed by atoms with Gasteiger partial charge in [0, 0.05) is 0 Å². The highest BCUT2D eigenvalue weighted by molar-refractivity contribution is 5.25. The molecule has 1 heteroatoms. The average Bonchev–Trinajstić information content (AvgIpc) is 2.80. The van der Waals surface area contributed by atoms with E-state index in [9.17, 15) is 0 Å². The summed E-state index contributed by atoms with van der Waals surface area (Å²) in [6.07, 6.45) is 24.1. The van der Waals surface area contributed by atoms with Gasteiger partial charge in [-0.2, -0.15) is 0 Å². The molecule has 2 aliphatic carbocycles. The van der Waals surface area contributed by atoms with Crippen molar-refractivity contribution in [2.75, 3.05) is 6.61 Å². The minimum absolute atomic E-state index is 0.738. The monoisotopic (exact) mass is 408 g/mol. The van der Waals surface area contributed by atoms with E-state index in [0.29, 0.717) is 0 Å². The van der Waals surface area contributed by atoms with Gasteiger partial charge in [0.1, 0.15) is 0 Å². The maximum absolute atomic E-state index is 5.77. The van der Waals surface area contributed by atoms with E-state index in [0.717, 1.165) is 43.3 Å². The third kappa shape index (κ3) is 7.41. The average molecular weight is 409 g/mol. The fourth-order valence-corrected chi connectivity index (χ4v) is 5.67. The van der Waals surface area contributed by atoms with E-state index in [1.807, 2.05) is 0 Å². The van der Waals surface area contributed by atoms with E-state index in [1.165, 1.54) is 69.8 Å². The zero-order valence-corrected chi connectivity index (χ0v) is 19.5. The molecular formula is C29H44O. The summed E-state index contributed by atoms with van der Waals surface area (Å²) in [5.74, 6) is 3.75. The first-order chi connectivity index (χ1) is 14.8. The Bertz CT molecular complexity index is 625. The largest absolute Gasteiger partial charge is 0.376 e. The zero-order valence-electron chi connectivity index (χ0n) is 19.5. The molecule has 1 aromatic rings. The summed E-state index contributed by atoms with van der Waals surface area (Å²) < 4.78 is 5.77. The second-order valence-electron chi connectivity index (χ2n) is 9.66. The SMILES string of the molecule is CC=CCCOCc1ccc(C2CCC([C@H]3CC[C@H](C/C=C/CC)CC3)CC2)cc1. The standard InChI is InChI=1S/C29H44O/c1-3-5-7-9-24-10-14-26(15-11-24)28-18-20-29(21-19-28)27-16-12-25(13-17-27)23-30-22-8-6-4-2/h4-7,12-13,16-17,24,26,28-29H,3,8-11,14-15,18-23H2,1-2H3/b6-4?,7-5+/t24-,26-,28?,29?. The summed E-state index contributed by atoms with van der Waals surface area (Å²) in [4.78, 5) is 0. The van der Waals surface area contributed by atoms with Crippen LogP contribution in [-0.2, 0) is 11.3 Å². The van der Waals surface area contributed by atoms with Crippen LogP contribution in [0.15, 0.2) is 48.6 Å². The van der Waals surface area contributed by atoms with Crippen molar-refractivity contribution < 1.29 is 4.74 Å². The van der Waals surface area contributed by atoms with Crippen molar-refractivity contribution >= 4 is 0 Å². The summed E-state index contributed by atoms with van der Waals surface area (Å²) in [6, 6.07) is 9.30. The van der Waals surface area contributed by atoms with Crippen LogP contribution in [0.5, 0.6) is 0 Å². The van der Waals surface area contributed by atoms with Crippen molar-refractivity contribution in [3.63, 3.8) is 0 Å². The zero-order chi connectivity index (χ0) is 21.0. The molecule has 30 heavy (non-hydrogen) atoms. The molecule has 0 unspecified atom stereocenters. The second kappa shape index (κ2) is 13.2. The van der Waals surface area contributed by atoms with Crippen LogP contribution in [0.2, 0.25) is 0 Å². The summed E-state index contributed by atoms with van der Waals surface area (Å²) >= 11 is 0. The predicted molar refractivity (Wildman–Crippen MR) is 130 cm³/mol. The second-order valence-corrected chi connectivity index (χ2v) is 9.66. The summed E-state index contributed by atoms with van der Waals surface area (Å²) in [5, 5.41) is 0. The molecule has 1 aromatic carbocycles. The Hall–Kier alpha value is -1.34. The Morgan fingerprint density at radius 1 is 0.833 bits per heavy atom. The van der Waals surface area contributed by atoms with Crippen molar-refractivity contribution in [3.8, 4) is 0 Å². The van der Waals surface area contributed by atoms with E-state index in [-0.39, 0.29) is 0 Å². The van der Waals surface area contributed by atoms with Crippen LogP contribution in [0.4, 0.5) is 0 Å². The van der Waals surface area contributed by atoms with Gasteiger partial charge in [-0.25, -0.2) is 0 Å². The van der Waals surface area contributed by atoms with Crippen molar-refractivity contribution in [3.05, 3.63) is 59.7 Å². The highest BCUT2D eigenvalue weighted by atomic mass is 16.5. The molecule has 0 bridgehead atoms. The Morgan fingerprint density at radius 2 is 1.50 bits per heavy atom. The lowest BCUT2D eigenvalue weighted by Gasteiger charge is -2.38. The van der Waals surface area contributed by atoms with Gasteiger partial charge in [-0.05, 0) is 112 Å². The number of allylic oxidation sites excluding steroid dienone is 3.